The van der Waals surface area contributed by atoms with Gasteiger partial charge in [-0.25, -0.2) is 0 Å². The zero-order chi connectivity index (χ0) is 12.0. The van der Waals surface area contributed by atoms with Crippen LogP contribution >= 0.6 is 15.9 Å². The van der Waals surface area contributed by atoms with Gasteiger partial charge in [0.15, 0.2) is 0 Å². The van der Waals surface area contributed by atoms with E-state index in [1.807, 2.05) is 0 Å². The third kappa shape index (κ3) is 6.21. The second kappa shape index (κ2) is 6.97. The fourth-order valence-electron chi connectivity index (χ4n) is 2.08. The molecule has 1 aliphatic rings. The minimum atomic E-state index is 0.474. The number of nitrogens with zero attached hydrogens (tertiary/aromatic N) is 2. The van der Waals surface area contributed by atoms with Gasteiger partial charge in [0.05, 0.1) is 0 Å². The molecule has 1 fully saturated rings. The van der Waals surface area contributed by atoms with E-state index in [4.69, 9.17) is 0 Å². The molecule has 1 saturated heterocycles. The fourth-order valence-corrected chi connectivity index (χ4v) is 2.59. The summed E-state index contributed by atoms with van der Waals surface area (Å²) in [5.41, 5.74) is 0.474. The monoisotopic (exact) mass is 290 g/mol. The Morgan fingerprint density at radius 2 is 1.50 bits per heavy atom. The van der Waals surface area contributed by atoms with Crippen molar-refractivity contribution in [1.82, 2.24) is 9.80 Å². The van der Waals surface area contributed by atoms with Crippen LogP contribution in [0.4, 0.5) is 0 Å². The number of rotatable bonds is 4. The van der Waals surface area contributed by atoms with E-state index >= 15 is 0 Å². The Morgan fingerprint density at radius 1 is 0.938 bits per heavy atom. The van der Waals surface area contributed by atoms with E-state index in [1.165, 1.54) is 52.1 Å². The Labute approximate surface area is 109 Å². The summed E-state index contributed by atoms with van der Waals surface area (Å²) >= 11 is 3.53. The van der Waals surface area contributed by atoms with Crippen LogP contribution < -0.4 is 0 Å². The highest BCUT2D eigenvalue weighted by atomic mass is 79.9. The molecule has 16 heavy (non-hydrogen) atoms. The zero-order valence-corrected chi connectivity index (χ0v) is 12.7. The molecule has 96 valence electrons. The Morgan fingerprint density at radius 3 is 2.00 bits per heavy atom. The van der Waals surface area contributed by atoms with Gasteiger partial charge in [0, 0.05) is 25.0 Å². The standard InChI is InChI=1S/C13H27BrN2/c1-13(2,3)5-9-15-7-4-8-16(10-6-14)12-11-15/h4-12H2,1-3H3. The van der Waals surface area contributed by atoms with E-state index in [-0.39, 0.29) is 0 Å². The van der Waals surface area contributed by atoms with Gasteiger partial charge in [-0.1, -0.05) is 36.7 Å². The van der Waals surface area contributed by atoms with Crippen molar-refractivity contribution >= 4 is 15.9 Å². The van der Waals surface area contributed by atoms with Gasteiger partial charge in [0.25, 0.3) is 0 Å². The Bertz CT molecular complexity index is 189. The molecule has 0 aromatic carbocycles. The fraction of sp³-hybridized carbons (Fsp3) is 1.00. The summed E-state index contributed by atoms with van der Waals surface area (Å²) in [4.78, 5) is 5.21. The molecule has 0 aromatic heterocycles. The van der Waals surface area contributed by atoms with Crippen molar-refractivity contribution in [3.63, 3.8) is 0 Å². The SMILES string of the molecule is CC(C)(C)CCN1CCCN(CCBr)CC1. The first kappa shape index (κ1) is 14.5. The van der Waals surface area contributed by atoms with E-state index in [1.54, 1.807) is 0 Å². The van der Waals surface area contributed by atoms with Gasteiger partial charge in [-0.05, 0) is 37.9 Å². The van der Waals surface area contributed by atoms with E-state index in [0.717, 1.165) is 5.33 Å². The molecular formula is C13H27BrN2. The van der Waals surface area contributed by atoms with Gasteiger partial charge in [-0.2, -0.15) is 0 Å². The topological polar surface area (TPSA) is 6.48 Å². The summed E-state index contributed by atoms with van der Waals surface area (Å²) < 4.78 is 0. The van der Waals surface area contributed by atoms with Crippen LogP contribution in [0.3, 0.4) is 0 Å². The molecule has 1 rings (SSSR count). The highest BCUT2D eigenvalue weighted by Gasteiger charge is 2.16. The zero-order valence-electron chi connectivity index (χ0n) is 11.1. The van der Waals surface area contributed by atoms with Crippen molar-refractivity contribution in [2.24, 2.45) is 5.41 Å². The summed E-state index contributed by atoms with van der Waals surface area (Å²) in [5, 5.41) is 1.11. The lowest BCUT2D eigenvalue weighted by atomic mass is 9.92. The predicted octanol–water partition coefficient (Wildman–Crippen LogP) is 2.83. The molecule has 0 bridgehead atoms. The summed E-state index contributed by atoms with van der Waals surface area (Å²) in [5.74, 6) is 0. The highest BCUT2D eigenvalue weighted by Crippen LogP contribution is 2.19. The molecular weight excluding hydrogens is 264 g/mol. The van der Waals surface area contributed by atoms with E-state index < -0.39 is 0 Å². The first-order chi connectivity index (χ1) is 7.51. The Hall–Kier alpha value is 0.400. The lowest BCUT2D eigenvalue weighted by Crippen LogP contribution is -2.33. The maximum absolute atomic E-state index is 3.53. The van der Waals surface area contributed by atoms with Crippen molar-refractivity contribution in [3.8, 4) is 0 Å². The second-order valence-electron chi connectivity index (χ2n) is 6.04. The van der Waals surface area contributed by atoms with Crippen LogP contribution in [0.1, 0.15) is 33.6 Å². The molecule has 0 aromatic rings. The van der Waals surface area contributed by atoms with Crippen molar-refractivity contribution in [3.05, 3.63) is 0 Å². The van der Waals surface area contributed by atoms with Gasteiger partial charge in [0.2, 0.25) is 0 Å². The number of alkyl halides is 1. The summed E-state index contributed by atoms with van der Waals surface area (Å²) in [6.07, 6.45) is 2.64. The molecule has 0 radical (unpaired) electrons. The molecule has 0 spiro atoms. The average molecular weight is 291 g/mol. The molecule has 2 nitrogen and oxygen atoms in total. The van der Waals surface area contributed by atoms with E-state index in [9.17, 15) is 0 Å². The molecule has 0 atom stereocenters. The van der Waals surface area contributed by atoms with Gasteiger partial charge in [-0.3, -0.25) is 0 Å². The molecule has 0 N–H and O–H groups in total. The molecule has 0 saturated carbocycles. The largest absolute Gasteiger partial charge is 0.302 e. The molecule has 0 aliphatic carbocycles. The average Bonchev–Trinajstić information content (AvgIpc) is 2.40. The van der Waals surface area contributed by atoms with Gasteiger partial charge in [0.1, 0.15) is 0 Å². The van der Waals surface area contributed by atoms with Crippen LogP contribution in [-0.2, 0) is 0 Å². The minimum Gasteiger partial charge on any atom is -0.302 e. The molecule has 1 aliphatic heterocycles. The minimum absolute atomic E-state index is 0.474. The second-order valence-corrected chi connectivity index (χ2v) is 6.83. The summed E-state index contributed by atoms with van der Waals surface area (Å²) in [7, 11) is 0. The van der Waals surface area contributed by atoms with E-state index in [2.05, 4.69) is 46.5 Å². The summed E-state index contributed by atoms with van der Waals surface area (Å²) in [6, 6.07) is 0. The Balaban J connectivity index is 2.25. The van der Waals surface area contributed by atoms with Crippen molar-refractivity contribution in [2.75, 3.05) is 44.6 Å². The first-order valence-corrected chi connectivity index (χ1v) is 7.64. The van der Waals surface area contributed by atoms with Gasteiger partial charge >= 0.3 is 0 Å². The first-order valence-electron chi connectivity index (χ1n) is 6.52. The lowest BCUT2D eigenvalue weighted by Gasteiger charge is -2.25. The third-order valence-electron chi connectivity index (χ3n) is 3.26. The maximum atomic E-state index is 3.53. The van der Waals surface area contributed by atoms with Gasteiger partial charge < -0.3 is 9.80 Å². The van der Waals surface area contributed by atoms with Crippen LogP contribution in [0.25, 0.3) is 0 Å². The van der Waals surface area contributed by atoms with Crippen LogP contribution in [0.5, 0.6) is 0 Å². The molecule has 1 heterocycles. The molecule has 3 heteroatoms. The maximum Gasteiger partial charge on any atom is 0.0159 e. The molecule has 0 amide bonds. The lowest BCUT2D eigenvalue weighted by molar-refractivity contribution is 0.228. The van der Waals surface area contributed by atoms with Gasteiger partial charge in [-0.15, -0.1) is 0 Å². The smallest absolute Gasteiger partial charge is 0.0159 e. The van der Waals surface area contributed by atoms with Crippen LogP contribution in [0.15, 0.2) is 0 Å². The van der Waals surface area contributed by atoms with Crippen LogP contribution in [0.2, 0.25) is 0 Å². The third-order valence-corrected chi connectivity index (χ3v) is 3.61. The predicted molar refractivity (Wildman–Crippen MR) is 75.4 cm³/mol. The quantitative estimate of drug-likeness (QED) is 0.735. The molecule has 0 unspecified atom stereocenters. The van der Waals surface area contributed by atoms with Crippen LogP contribution in [-0.4, -0.2) is 54.4 Å². The number of halogens is 1. The highest BCUT2D eigenvalue weighted by molar-refractivity contribution is 9.09. The summed E-state index contributed by atoms with van der Waals surface area (Å²) in [6.45, 7) is 14.5. The Kier molecular flexibility index (Phi) is 6.30. The van der Waals surface area contributed by atoms with Crippen molar-refractivity contribution < 1.29 is 0 Å². The van der Waals surface area contributed by atoms with Crippen molar-refractivity contribution in [2.45, 2.75) is 33.6 Å². The van der Waals surface area contributed by atoms with E-state index in [0.29, 0.717) is 5.41 Å². The number of hydrogen-bond acceptors (Lipinski definition) is 2. The number of hydrogen-bond donors (Lipinski definition) is 0. The normalized spacial score (nSPS) is 21.0. The van der Waals surface area contributed by atoms with Crippen molar-refractivity contribution in [1.29, 1.82) is 0 Å². The van der Waals surface area contributed by atoms with Crippen LogP contribution in [0, 0.1) is 5.41 Å².